The van der Waals surface area contributed by atoms with Crippen LogP contribution in [0, 0.1) is 13.8 Å². The summed E-state index contributed by atoms with van der Waals surface area (Å²) < 4.78 is 78.1. The zero-order chi connectivity index (χ0) is 16.4. The average molecular weight is 318 g/mol. The Morgan fingerprint density at radius 2 is 1.76 bits per heavy atom. The van der Waals surface area contributed by atoms with E-state index in [1.165, 1.54) is 13.8 Å². The molecule has 0 unspecified atom stereocenters. The number of aryl methyl sites for hydroxylation is 1. The molecule has 1 aromatic rings. The molecule has 0 fully saturated rings. The fourth-order valence-corrected chi connectivity index (χ4v) is 1.72. The Hall–Kier alpha value is -1.58. The number of ether oxygens (including phenoxy) is 1. The topological polar surface area (TPSA) is 44.1 Å². The van der Waals surface area contributed by atoms with Gasteiger partial charge in [0.05, 0.1) is 24.4 Å². The number of carbonyl (C=O) groups excluding carboxylic acids is 1. The Morgan fingerprint density at radius 1 is 1.19 bits per heavy atom. The fourth-order valence-electron chi connectivity index (χ4n) is 1.72. The van der Waals surface area contributed by atoms with E-state index in [4.69, 9.17) is 0 Å². The van der Waals surface area contributed by atoms with Crippen molar-refractivity contribution in [3.8, 4) is 0 Å². The summed E-state index contributed by atoms with van der Waals surface area (Å²) in [6.45, 7) is 0.428. The number of ketones is 1. The predicted molar refractivity (Wildman–Crippen MR) is 59.0 cm³/mol. The van der Waals surface area contributed by atoms with Gasteiger partial charge in [-0.2, -0.15) is 31.4 Å². The molecular weight excluding hydrogens is 306 g/mol. The summed E-state index contributed by atoms with van der Waals surface area (Å²) in [4.78, 5) is 11.2. The summed E-state index contributed by atoms with van der Waals surface area (Å²) in [5, 5.41) is 3.71. The quantitative estimate of drug-likeness (QED) is 0.476. The minimum Gasteiger partial charge on any atom is -0.370 e. The number of Topliss-reactive ketones (excluding diaryl/α,β-unsaturated/α-hetero) is 1. The van der Waals surface area contributed by atoms with Gasteiger partial charge in [-0.25, -0.2) is 0 Å². The van der Waals surface area contributed by atoms with Gasteiger partial charge in [-0.1, -0.05) is 0 Å². The third-order valence-corrected chi connectivity index (χ3v) is 2.58. The van der Waals surface area contributed by atoms with Gasteiger partial charge in [0.25, 0.3) is 5.78 Å². The molecule has 0 bridgehead atoms. The van der Waals surface area contributed by atoms with Crippen molar-refractivity contribution >= 4 is 5.78 Å². The van der Waals surface area contributed by atoms with Crippen LogP contribution >= 0.6 is 0 Å². The lowest BCUT2D eigenvalue weighted by atomic mass is 10.1. The van der Waals surface area contributed by atoms with Crippen LogP contribution in [0.3, 0.4) is 0 Å². The lowest BCUT2D eigenvalue weighted by Gasteiger charge is -2.09. The van der Waals surface area contributed by atoms with E-state index >= 15 is 0 Å². The van der Waals surface area contributed by atoms with Crippen LogP contribution in [0.5, 0.6) is 0 Å². The normalized spacial score (nSPS) is 12.8. The van der Waals surface area contributed by atoms with Gasteiger partial charge in [0.2, 0.25) is 0 Å². The maximum Gasteiger partial charge on any atom is 0.455 e. The number of aromatic nitrogens is 2. The molecule has 4 nitrogen and oxygen atoms in total. The van der Waals surface area contributed by atoms with Gasteiger partial charge in [-0.15, -0.1) is 0 Å². The van der Waals surface area contributed by atoms with Gasteiger partial charge < -0.3 is 4.74 Å². The van der Waals surface area contributed by atoms with Crippen LogP contribution in [0.2, 0.25) is 0 Å². The van der Waals surface area contributed by atoms with E-state index < -0.39 is 30.3 Å². The minimum absolute atomic E-state index is 0.0644. The molecule has 0 saturated carbocycles. The lowest BCUT2D eigenvalue weighted by Crippen LogP contribution is -2.24. The molecule has 0 aliphatic carbocycles. The predicted octanol–water partition coefficient (Wildman–Crippen LogP) is 2.82. The van der Waals surface area contributed by atoms with Crippen molar-refractivity contribution in [2.24, 2.45) is 0 Å². The molecule has 10 heteroatoms. The zero-order valence-electron chi connectivity index (χ0n) is 11.1. The Balaban J connectivity index is 2.77. The van der Waals surface area contributed by atoms with E-state index in [-0.39, 0.29) is 24.5 Å². The highest BCUT2D eigenvalue weighted by molar-refractivity contribution is 6.02. The number of alkyl halides is 6. The molecule has 1 aromatic heterocycles. The fraction of sp³-hybridized carbons (Fsp3) is 0.636. The summed E-state index contributed by atoms with van der Waals surface area (Å²) in [5.41, 5.74) is -0.783. The smallest absolute Gasteiger partial charge is 0.370 e. The van der Waals surface area contributed by atoms with Crippen LogP contribution in [0.4, 0.5) is 26.3 Å². The van der Waals surface area contributed by atoms with E-state index in [0.29, 0.717) is 0 Å². The second-order valence-corrected chi connectivity index (χ2v) is 4.26. The van der Waals surface area contributed by atoms with Crippen molar-refractivity contribution in [1.29, 1.82) is 0 Å². The van der Waals surface area contributed by atoms with Gasteiger partial charge in [0, 0.05) is 5.69 Å². The number of hydrogen-bond acceptors (Lipinski definition) is 3. The SMILES string of the molecule is Cc1nn(CCOCC(F)(F)F)c(C)c1C(=O)C(F)(F)F. The van der Waals surface area contributed by atoms with Crippen LogP contribution in [0.15, 0.2) is 0 Å². The molecule has 0 radical (unpaired) electrons. The number of hydrogen-bond donors (Lipinski definition) is 0. The van der Waals surface area contributed by atoms with Crippen LogP contribution in [-0.2, 0) is 11.3 Å². The van der Waals surface area contributed by atoms with Gasteiger partial charge in [-0.05, 0) is 13.8 Å². The molecular formula is C11H12F6N2O2. The van der Waals surface area contributed by atoms with E-state index in [1.807, 2.05) is 0 Å². The lowest BCUT2D eigenvalue weighted by molar-refractivity contribution is -0.174. The van der Waals surface area contributed by atoms with Gasteiger partial charge in [-0.3, -0.25) is 9.48 Å². The Morgan fingerprint density at radius 3 is 2.24 bits per heavy atom. The first-order chi connectivity index (χ1) is 9.43. The van der Waals surface area contributed by atoms with Crippen LogP contribution in [0.1, 0.15) is 21.7 Å². The number of rotatable bonds is 5. The van der Waals surface area contributed by atoms with E-state index in [0.717, 1.165) is 4.68 Å². The summed E-state index contributed by atoms with van der Waals surface area (Å²) >= 11 is 0. The highest BCUT2D eigenvalue weighted by atomic mass is 19.4. The molecule has 21 heavy (non-hydrogen) atoms. The van der Waals surface area contributed by atoms with Gasteiger partial charge in [0.1, 0.15) is 6.61 Å². The maximum atomic E-state index is 12.4. The second-order valence-electron chi connectivity index (χ2n) is 4.26. The first-order valence-electron chi connectivity index (χ1n) is 5.73. The van der Waals surface area contributed by atoms with Crippen molar-refractivity contribution in [2.75, 3.05) is 13.2 Å². The number of halogens is 6. The van der Waals surface area contributed by atoms with Crippen molar-refractivity contribution in [2.45, 2.75) is 32.7 Å². The summed E-state index contributed by atoms with van der Waals surface area (Å²) in [7, 11) is 0. The molecule has 0 aromatic carbocycles. The molecule has 0 N–H and O–H groups in total. The van der Waals surface area contributed by atoms with Crippen molar-refractivity contribution in [3.05, 3.63) is 17.0 Å². The van der Waals surface area contributed by atoms with Crippen molar-refractivity contribution in [1.82, 2.24) is 9.78 Å². The van der Waals surface area contributed by atoms with E-state index in [9.17, 15) is 31.1 Å². The molecule has 0 atom stereocenters. The van der Waals surface area contributed by atoms with Crippen LogP contribution in [0.25, 0.3) is 0 Å². The number of carbonyl (C=O) groups is 1. The Labute approximate surface area is 115 Å². The molecule has 0 amide bonds. The monoisotopic (exact) mass is 318 g/mol. The van der Waals surface area contributed by atoms with Gasteiger partial charge in [0.15, 0.2) is 0 Å². The van der Waals surface area contributed by atoms with Gasteiger partial charge >= 0.3 is 12.4 Å². The zero-order valence-corrected chi connectivity index (χ0v) is 11.1. The van der Waals surface area contributed by atoms with Crippen molar-refractivity contribution in [3.63, 3.8) is 0 Å². The first kappa shape index (κ1) is 17.5. The minimum atomic E-state index is -5.03. The molecule has 0 saturated heterocycles. The highest BCUT2D eigenvalue weighted by Gasteiger charge is 2.42. The molecule has 120 valence electrons. The third-order valence-electron chi connectivity index (χ3n) is 2.58. The Bertz CT molecular complexity index is 518. The largest absolute Gasteiger partial charge is 0.455 e. The van der Waals surface area contributed by atoms with Crippen LogP contribution < -0.4 is 0 Å². The molecule has 0 spiro atoms. The number of nitrogens with zero attached hydrogens (tertiary/aromatic N) is 2. The van der Waals surface area contributed by atoms with Crippen LogP contribution in [-0.4, -0.2) is 41.1 Å². The van der Waals surface area contributed by atoms with E-state index in [1.54, 1.807) is 0 Å². The standard InChI is InChI=1S/C11H12F6N2O2/c1-6-8(9(20)11(15,16)17)7(2)19(18-6)3-4-21-5-10(12,13)14/h3-5H2,1-2H3. The van der Waals surface area contributed by atoms with Crippen molar-refractivity contribution < 1.29 is 35.9 Å². The summed E-state index contributed by atoms with van der Waals surface area (Å²) in [5.74, 6) is -2.03. The molecule has 1 heterocycles. The first-order valence-corrected chi connectivity index (χ1v) is 5.73. The average Bonchev–Trinajstić information content (AvgIpc) is 2.57. The Kier molecular flexibility index (Phi) is 5.03. The third kappa shape index (κ3) is 4.73. The summed E-state index contributed by atoms with van der Waals surface area (Å²) in [6.07, 6.45) is -9.51. The summed E-state index contributed by atoms with van der Waals surface area (Å²) in [6, 6.07) is 0. The maximum absolute atomic E-state index is 12.4. The van der Waals surface area contributed by atoms with E-state index in [2.05, 4.69) is 9.84 Å². The molecule has 0 aliphatic heterocycles. The second kappa shape index (κ2) is 6.04. The highest BCUT2D eigenvalue weighted by Crippen LogP contribution is 2.25. The molecule has 0 aliphatic rings. The molecule has 1 rings (SSSR count).